The van der Waals surface area contributed by atoms with E-state index in [1.54, 1.807) is 0 Å². The Morgan fingerprint density at radius 2 is 1.81 bits per heavy atom. The van der Waals surface area contributed by atoms with Crippen molar-refractivity contribution in [2.45, 2.75) is 25.5 Å². The van der Waals surface area contributed by atoms with Gasteiger partial charge in [-0.05, 0) is 65.7 Å². The molecule has 3 aromatic rings. The summed E-state index contributed by atoms with van der Waals surface area (Å²) < 4.78 is 0. The molecule has 1 amide bonds. The highest BCUT2D eigenvalue weighted by molar-refractivity contribution is 7.12. The molecule has 2 aromatic carbocycles. The van der Waals surface area contributed by atoms with Crippen LogP contribution in [0.3, 0.4) is 0 Å². The first-order valence-electron chi connectivity index (χ1n) is 11.1. The third kappa shape index (κ3) is 4.78. The van der Waals surface area contributed by atoms with Crippen LogP contribution in [0.5, 0.6) is 0 Å². The van der Waals surface area contributed by atoms with Gasteiger partial charge in [0.15, 0.2) is 0 Å². The molecule has 32 heavy (non-hydrogen) atoms. The Labute approximate surface area is 192 Å². The standard InChI is InChI=1S/C26H27N3O2S/c30-26(25-8-5-15-32-25)27-17-22-16-24(28-31-22)20-11-9-19(10-12-20)23-7-2-1-6-21(23)18-29-13-3-4-14-29/h1-2,5-12,15-16,22,28H,3-4,13-14,17-18H2,(H,27,30). The van der Waals surface area contributed by atoms with Gasteiger partial charge >= 0.3 is 0 Å². The summed E-state index contributed by atoms with van der Waals surface area (Å²) in [4.78, 5) is 21.0. The lowest BCUT2D eigenvalue weighted by molar-refractivity contribution is 0.0499. The lowest BCUT2D eigenvalue weighted by atomic mass is 9.97. The largest absolute Gasteiger partial charge is 0.348 e. The molecule has 3 heterocycles. The second-order valence-corrected chi connectivity index (χ2v) is 9.19. The number of amides is 1. The fourth-order valence-corrected chi connectivity index (χ4v) is 4.93. The van der Waals surface area contributed by atoms with Crippen molar-refractivity contribution >= 4 is 22.9 Å². The minimum atomic E-state index is -0.199. The van der Waals surface area contributed by atoms with E-state index in [0.29, 0.717) is 11.4 Å². The molecule has 0 aliphatic carbocycles. The summed E-state index contributed by atoms with van der Waals surface area (Å²) >= 11 is 1.43. The molecule has 1 aromatic heterocycles. The van der Waals surface area contributed by atoms with E-state index in [-0.39, 0.29) is 12.0 Å². The molecule has 0 saturated carbocycles. The zero-order chi connectivity index (χ0) is 21.8. The molecule has 1 atom stereocenters. The molecule has 6 heteroatoms. The maximum Gasteiger partial charge on any atom is 0.261 e. The molecule has 0 spiro atoms. The predicted octanol–water partition coefficient (Wildman–Crippen LogP) is 4.69. The second-order valence-electron chi connectivity index (χ2n) is 8.24. The zero-order valence-corrected chi connectivity index (χ0v) is 18.7. The highest BCUT2D eigenvalue weighted by atomic mass is 32.1. The van der Waals surface area contributed by atoms with Gasteiger partial charge in [0.2, 0.25) is 0 Å². The molecule has 5 rings (SSSR count). The summed E-state index contributed by atoms with van der Waals surface area (Å²) in [5, 5.41) is 4.82. The fraction of sp³-hybridized carbons (Fsp3) is 0.269. The van der Waals surface area contributed by atoms with E-state index >= 15 is 0 Å². The molecule has 164 valence electrons. The first-order valence-corrected chi connectivity index (χ1v) is 12.0. The Morgan fingerprint density at radius 3 is 2.59 bits per heavy atom. The molecular formula is C26H27N3O2S. The first-order chi connectivity index (χ1) is 15.8. The van der Waals surface area contributed by atoms with Crippen LogP contribution >= 0.6 is 11.3 Å². The minimum Gasteiger partial charge on any atom is -0.348 e. The monoisotopic (exact) mass is 445 g/mol. The van der Waals surface area contributed by atoms with Crippen LogP contribution in [-0.4, -0.2) is 36.5 Å². The summed E-state index contributed by atoms with van der Waals surface area (Å²) in [6.45, 7) is 3.83. The van der Waals surface area contributed by atoms with E-state index in [0.717, 1.165) is 17.8 Å². The molecular weight excluding hydrogens is 418 g/mol. The number of nitrogens with zero attached hydrogens (tertiary/aromatic N) is 1. The number of thiophene rings is 1. The van der Waals surface area contributed by atoms with Gasteiger partial charge in [0.1, 0.15) is 6.10 Å². The van der Waals surface area contributed by atoms with Gasteiger partial charge in [-0.3, -0.25) is 20.0 Å². The van der Waals surface area contributed by atoms with E-state index in [1.807, 2.05) is 23.6 Å². The molecule has 0 bridgehead atoms. The number of rotatable bonds is 7. The summed E-state index contributed by atoms with van der Waals surface area (Å²) in [6, 6.07) is 21.0. The third-order valence-corrected chi connectivity index (χ3v) is 6.87. The molecule has 1 saturated heterocycles. The number of benzene rings is 2. The summed E-state index contributed by atoms with van der Waals surface area (Å²) in [6.07, 6.45) is 4.43. The number of hydrogen-bond donors (Lipinski definition) is 2. The van der Waals surface area contributed by atoms with Crippen molar-refractivity contribution in [2.75, 3.05) is 19.6 Å². The van der Waals surface area contributed by atoms with Gasteiger partial charge in [0.25, 0.3) is 5.91 Å². The van der Waals surface area contributed by atoms with E-state index in [4.69, 9.17) is 4.84 Å². The Balaban J connectivity index is 1.24. The molecule has 2 aliphatic heterocycles. The van der Waals surface area contributed by atoms with Crippen molar-refractivity contribution < 1.29 is 9.63 Å². The molecule has 1 fully saturated rings. The third-order valence-electron chi connectivity index (χ3n) is 6.00. The van der Waals surface area contributed by atoms with E-state index in [2.05, 4.69) is 64.2 Å². The lowest BCUT2D eigenvalue weighted by Gasteiger charge is -2.17. The Morgan fingerprint density at radius 1 is 1.03 bits per heavy atom. The van der Waals surface area contributed by atoms with E-state index in [1.165, 1.54) is 54.0 Å². The van der Waals surface area contributed by atoms with Crippen LogP contribution < -0.4 is 10.8 Å². The van der Waals surface area contributed by atoms with Crippen molar-refractivity contribution in [2.24, 2.45) is 0 Å². The van der Waals surface area contributed by atoms with Crippen LogP contribution in [0.15, 0.2) is 72.1 Å². The molecule has 2 aliphatic rings. The maximum atomic E-state index is 12.1. The van der Waals surface area contributed by atoms with Gasteiger partial charge in [-0.1, -0.05) is 54.6 Å². The predicted molar refractivity (Wildman–Crippen MR) is 129 cm³/mol. The van der Waals surface area contributed by atoms with Gasteiger partial charge in [-0.25, -0.2) is 0 Å². The maximum absolute atomic E-state index is 12.1. The summed E-state index contributed by atoms with van der Waals surface area (Å²) in [7, 11) is 0. The number of nitrogens with one attached hydrogen (secondary N) is 2. The molecule has 0 radical (unpaired) electrons. The number of likely N-dealkylation sites (tertiary alicyclic amines) is 1. The van der Waals surface area contributed by atoms with Crippen LogP contribution in [0.2, 0.25) is 0 Å². The smallest absolute Gasteiger partial charge is 0.261 e. The summed E-state index contributed by atoms with van der Waals surface area (Å²) in [5.41, 5.74) is 8.90. The Kier molecular flexibility index (Phi) is 6.34. The Hall–Kier alpha value is -2.93. The van der Waals surface area contributed by atoms with Crippen LogP contribution in [0, 0.1) is 0 Å². The minimum absolute atomic E-state index is 0.0672. The van der Waals surface area contributed by atoms with E-state index in [9.17, 15) is 4.79 Å². The highest BCUT2D eigenvalue weighted by Crippen LogP contribution is 2.28. The average molecular weight is 446 g/mol. The van der Waals surface area contributed by atoms with Gasteiger partial charge in [-0.15, -0.1) is 11.3 Å². The van der Waals surface area contributed by atoms with Crippen molar-refractivity contribution in [3.63, 3.8) is 0 Å². The van der Waals surface area contributed by atoms with Gasteiger partial charge in [0, 0.05) is 6.54 Å². The molecule has 5 nitrogen and oxygen atoms in total. The topological polar surface area (TPSA) is 53.6 Å². The second kappa shape index (κ2) is 9.69. The quantitative estimate of drug-likeness (QED) is 0.554. The fourth-order valence-electron chi connectivity index (χ4n) is 4.29. The van der Waals surface area contributed by atoms with Gasteiger partial charge in [0.05, 0.1) is 17.1 Å². The lowest BCUT2D eigenvalue weighted by Crippen LogP contribution is -2.31. The van der Waals surface area contributed by atoms with E-state index < -0.39 is 0 Å². The van der Waals surface area contributed by atoms with Gasteiger partial charge in [-0.2, -0.15) is 0 Å². The van der Waals surface area contributed by atoms with Gasteiger partial charge < -0.3 is 5.32 Å². The number of carbonyl (C=O) groups excluding carboxylic acids is 1. The van der Waals surface area contributed by atoms with Crippen molar-refractivity contribution in [3.8, 4) is 11.1 Å². The number of hydrogen-bond acceptors (Lipinski definition) is 5. The van der Waals surface area contributed by atoms with Crippen molar-refractivity contribution in [1.82, 2.24) is 15.7 Å². The van der Waals surface area contributed by atoms with Crippen molar-refractivity contribution in [3.05, 3.63) is 88.1 Å². The number of carbonyl (C=O) groups is 1. The SMILES string of the molecule is O=C(NCC1C=C(c2ccc(-c3ccccc3CN3CCCC3)cc2)NO1)c1cccs1. The van der Waals surface area contributed by atoms with Crippen LogP contribution in [-0.2, 0) is 11.4 Å². The first kappa shape index (κ1) is 20.9. The zero-order valence-electron chi connectivity index (χ0n) is 17.9. The van der Waals surface area contributed by atoms with Crippen molar-refractivity contribution in [1.29, 1.82) is 0 Å². The number of hydroxylamine groups is 1. The summed E-state index contributed by atoms with van der Waals surface area (Å²) in [5.74, 6) is -0.0672. The van der Waals surface area contributed by atoms with Crippen LogP contribution in [0.1, 0.15) is 33.6 Å². The Bertz CT molecular complexity index is 1090. The molecule has 1 unspecified atom stereocenters. The van der Waals surface area contributed by atoms with Crippen LogP contribution in [0.25, 0.3) is 16.8 Å². The average Bonchev–Trinajstić information content (AvgIpc) is 3.61. The van der Waals surface area contributed by atoms with Crippen LogP contribution in [0.4, 0.5) is 0 Å². The highest BCUT2D eigenvalue weighted by Gasteiger charge is 2.19. The molecule has 2 N–H and O–H groups in total. The normalized spacial score (nSPS) is 18.4.